The Morgan fingerprint density at radius 2 is 2.05 bits per heavy atom. The maximum atomic E-state index is 4.61. The normalized spacial score (nSPS) is 11.8. The summed E-state index contributed by atoms with van der Waals surface area (Å²) < 4.78 is 2.27. The van der Waals surface area contributed by atoms with Gasteiger partial charge in [-0.2, -0.15) is 0 Å². The minimum atomic E-state index is 0.895. The molecule has 0 spiro atoms. The topological polar surface area (TPSA) is 32.6 Å². The molecule has 0 atom stereocenters. The minimum Gasteiger partial charge on any atom is -0.310 e. The molecule has 0 fully saturated rings. The molecular weight excluding hydrogens is 256 g/mol. The van der Waals surface area contributed by atoms with Crippen molar-refractivity contribution in [2.24, 2.45) is 0 Å². The zero-order valence-corrected chi connectivity index (χ0v) is 13.2. The van der Waals surface area contributed by atoms with Crippen molar-refractivity contribution in [1.29, 1.82) is 0 Å². The molecule has 19 heavy (non-hydrogen) atoms. The first-order valence-electron chi connectivity index (χ1n) is 7.02. The molecule has 0 aliphatic carbocycles. The zero-order chi connectivity index (χ0) is 13.8. The smallest absolute Gasteiger partial charge is 0.194 e. The number of fused-ring (bicyclic) bond motifs is 1. The Hall–Kier alpha value is -0.910. The monoisotopic (exact) mass is 280 g/mol. The van der Waals surface area contributed by atoms with Crippen molar-refractivity contribution in [3.8, 4) is 0 Å². The van der Waals surface area contributed by atoms with E-state index in [-0.39, 0.29) is 0 Å². The van der Waals surface area contributed by atoms with E-state index in [4.69, 9.17) is 0 Å². The highest BCUT2D eigenvalue weighted by atomic mass is 32.1. The van der Waals surface area contributed by atoms with Crippen LogP contribution in [0.2, 0.25) is 0 Å². The Labute approximate surface area is 119 Å². The van der Waals surface area contributed by atoms with Gasteiger partial charge in [-0.1, -0.05) is 13.8 Å². The molecule has 0 saturated carbocycles. The van der Waals surface area contributed by atoms with Gasteiger partial charge < -0.3 is 10.2 Å². The third-order valence-corrected chi connectivity index (χ3v) is 4.57. The second kappa shape index (κ2) is 6.50. The number of aryl methyl sites for hydroxylation is 2. The number of hydrogen-bond donors (Lipinski definition) is 1. The lowest BCUT2D eigenvalue weighted by Gasteiger charge is -2.18. The molecule has 0 aliphatic rings. The molecule has 0 saturated heterocycles. The van der Waals surface area contributed by atoms with Gasteiger partial charge in [-0.25, -0.2) is 4.98 Å². The first kappa shape index (κ1) is 14.5. The molecule has 1 N–H and O–H groups in total. The van der Waals surface area contributed by atoms with Gasteiger partial charge in [0.2, 0.25) is 0 Å². The van der Waals surface area contributed by atoms with Crippen molar-refractivity contribution in [1.82, 2.24) is 19.6 Å². The molecule has 0 aromatic carbocycles. The molecule has 0 aliphatic heterocycles. The molecule has 0 radical (unpaired) electrons. The standard InChI is InChI=1S/C14H24N4S/c1-5-17(6-2)8-7-15-9-13-12(4)16-14-18(13)11(3)10-19-14/h10,15H,5-9H2,1-4H3. The Bertz CT molecular complexity index is 525. The van der Waals surface area contributed by atoms with Crippen LogP contribution in [0.25, 0.3) is 4.96 Å². The van der Waals surface area contributed by atoms with Crippen LogP contribution in [0.15, 0.2) is 5.38 Å². The van der Waals surface area contributed by atoms with E-state index in [1.807, 2.05) is 0 Å². The predicted molar refractivity (Wildman–Crippen MR) is 82.0 cm³/mol. The van der Waals surface area contributed by atoms with Crippen molar-refractivity contribution in [2.45, 2.75) is 34.2 Å². The molecule has 2 aromatic rings. The summed E-state index contributed by atoms with van der Waals surface area (Å²) in [6.07, 6.45) is 0. The summed E-state index contributed by atoms with van der Waals surface area (Å²) in [6, 6.07) is 0. The Balaban J connectivity index is 1.94. The van der Waals surface area contributed by atoms with E-state index >= 15 is 0 Å². The van der Waals surface area contributed by atoms with E-state index in [2.05, 4.69) is 52.7 Å². The van der Waals surface area contributed by atoms with E-state index in [0.717, 1.165) is 43.4 Å². The van der Waals surface area contributed by atoms with Crippen LogP contribution in [0.4, 0.5) is 0 Å². The fourth-order valence-corrected chi connectivity index (χ4v) is 3.29. The average Bonchev–Trinajstić information content (AvgIpc) is 2.90. The molecule has 0 bridgehead atoms. The molecule has 106 valence electrons. The zero-order valence-electron chi connectivity index (χ0n) is 12.4. The summed E-state index contributed by atoms with van der Waals surface area (Å²) >= 11 is 1.72. The number of rotatable bonds is 7. The average molecular weight is 280 g/mol. The van der Waals surface area contributed by atoms with Crippen LogP contribution in [-0.4, -0.2) is 40.5 Å². The van der Waals surface area contributed by atoms with Crippen molar-refractivity contribution in [3.63, 3.8) is 0 Å². The number of thiazole rings is 1. The van der Waals surface area contributed by atoms with Crippen LogP contribution < -0.4 is 5.32 Å². The maximum Gasteiger partial charge on any atom is 0.194 e. The van der Waals surface area contributed by atoms with Crippen LogP contribution in [0.5, 0.6) is 0 Å². The lowest BCUT2D eigenvalue weighted by molar-refractivity contribution is 0.302. The van der Waals surface area contributed by atoms with Crippen molar-refractivity contribution in [2.75, 3.05) is 26.2 Å². The first-order valence-corrected chi connectivity index (χ1v) is 7.90. The number of imidazole rings is 1. The first-order chi connectivity index (χ1) is 9.17. The third-order valence-electron chi connectivity index (χ3n) is 3.62. The Morgan fingerprint density at radius 1 is 1.32 bits per heavy atom. The molecule has 5 heteroatoms. The number of nitrogens with zero attached hydrogens (tertiary/aromatic N) is 3. The highest BCUT2D eigenvalue weighted by Crippen LogP contribution is 2.20. The van der Waals surface area contributed by atoms with Crippen LogP contribution in [-0.2, 0) is 6.54 Å². The Morgan fingerprint density at radius 3 is 2.74 bits per heavy atom. The van der Waals surface area contributed by atoms with Gasteiger partial charge in [-0.15, -0.1) is 11.3 Å². The van der Waals surface area contributed by atoms with E-state index < -0.39 is 0 Å². The van der Waals surface area contributed by atoms with Crippen LogP contribution >= 0.6 is 11.3 Å². The van der Waals surface area contributed by atoms with Crippen molar-refractivity contribution >= 4 is 16.3 Å². The number of aromatic nitrogens is 2. The van der Waals surface area contributed by atoms with Crippen molar-refractivity contribution in [3.05, 3.63) is 22.5 Å². The summed E-state index contributed by atoms with van der Waals surface area (Å²) in [7, 11) is 0. The molecule has 2 heterocycles. The summed E-state index contributed by atoms with van der Waals surface area (Å²) in [4.78, 5) is 8.15. The number of likely N-dealkylation sites (N-methyl/N-ethyl adjacent to an activating group) is 1. The minimum absolute atomic E-state index is 0.895. The lowest BCUT2D eigenvalue weighted by atomic mass is 10.3. The van der Waals surface area contributed by atoms with Gasteiger partial charge in [0.15, 0.2) is 4.96 Å². The lowest BCUT2D eigenvalue weighted by Crippen LogP contribution is -2.31. The highest BCUT2D eigenvalue weighted by Gasteiger charge is 2.11. The maximum absolute atomic E-state index is 4.61. The molecular formula is C14H24N4S. The molecule has 0 amide bonds. The fraction of sp³-hybridized carbons (Fsp3) is 0.643. The largest absolute Gasteiger partial charge is 0.310 e. The molecule has 0 unspecified atom stereocenters. The van der Waals surface area contributed by atoms with Crippen LogP contribution in [0.1, 0.15) is 30.9 Å². The van der Waals surface area contributed by atoms with Gasteiger partial charge in [-0.05, 0) is 26.9 Å². The third kappa shape index (κ3) is 3.16. The van der Waals surface area contributed by atoms with Gasteiger partial charge in [0.05, 0.1) is 11.4 Å². The quantitative estimate of drug-likeness (QED) is 0.791. The van der Waals surface area contributed by atoms with E-state index in [1.54, 1.807) is 11.3 Å². The molecule has 2 rings (SSSR count). The second-order valence-corrected chi connectivity index (χ2v) is 5.68. The van der Waals surface area contributed by atoms with Gasteiger partial charge in [0.1, 0.15) is 0 Å². The van der Waals surface area contributed by atoms with Gasteiger partial charge in [0.25, 0.3) is 0 Å². The van der Waals surface area contributed by atoms with Crippen LogP contribution in [0, 0.1) is 13.8 Å². The predicted octanol–water partition coefficient (Wildman–Crippen LogP) is 2.44. The molecule has 4 nitrogen and oxygen atoms in total. The summed E-state index contributed by atoms with van der Waals surface area (Å²) in [6.45, 7) is 13.9. The van der Waals surface area contributed by atoms with Gasteiger partial charge in [0, 0.05) is 30.7 Å². The van der Waals surface area contributed by atoms with E-state index in [0.29, 0.717) is 0 Å². The SMILES string of the molecule is CCN(CC)CCNCc1c(C)nc2scc(C)n12. The van der Waals surface area contributed by atoms with E-state index in [1.165, 1.54) is 11.4 Å². The van der Waals surface area contributed by atoms with Crippen molar-refractivity contribution < 1.29 is 0 Å². The van der Waals surface area contributed by atoms with Gasteiger partial charge >= 0.3 is 0 Å². The Kier molecular flexibility index (Phi) is 4.96. The van der Waals surface area contributed by atoms with Crippen LogP contribution in [0.3, 0.4) is 0 Å². The fourth-order valence-electron chi connectivity index (χ4n) is 2.36. The molecule has 2 aromatic heterocycles. The summed E-state index contributed by atoms with van der Waals surface area (Å²) in [5.74, 6) is 0. The van der Waals surface area contributed by atoms with E-state index in [9.17, 15) is 0 Å². The highest BCUT2D eigenvalue weighted by molar-refractivity contribution is 7.15. The summed E-state index contributed by atoms with van der Waals surface area (Å²) in [5, 5.41) is 5.71. The van der Waals surface area contributed by atoms with Gasteiger partial charge in [-0.3, -0.25) is 4.40 Å². The number of nitrogens with one attached hydrogen (secondary N) is 1. The summed E-state index contributed by atoms with van der Waals surface area (Å²) in [5.41, 5.74) is 3.72. The number of hydrogen-bond acceptors (Lipinski definition) is 4. The second-order valence-electron chi connectivity index (χ2n) is 4.84.